The van der Waals surface area contributed by atoms with Gasteiger partial charge in [-0.1, -0.05) is 166 Å². The Bertz CT molecular complexity index is 2290. The Morgan fingerprint density at radius 1 is 0.260 bits per heavy atom. The highest BCUT2D eigenvalue weighted by atomic mass is 16.5. The third-order valence-corrected chi connectivity index (χ3v) is 13.4. The van der Waals surface area contributed by atoms with E-state index in [4.69, 9.17) is 23.7 Å². The van der Waals surface area contributed by atoms with Crippen LogP contribution in [0.1, 0.15) is 174 Å². The summed E-state index contributed by atoms with van der Waals surface area (Å²) in [5.41, 5.74) is 5.87. The maximum atomic E-state index is 6.06. The van der Waals surface area contributed by atoms with Crippen molar-refractivity contribution in [1.29, 1.82) is 0 Å². The standard InChI is InChI=1S/C64H86N4O5/c1-3-5-7-9-15-21-27-53-28-30-54(31-29-53)55-32-38-58(39-33-55)69-44-22-17-12-11-13-18-23-45-70-59-40-34-56(35-41-59)64-67-51-62(52-68-64)73-48-26-20-14-19-24-46-71-60-42-36-57(37-43-60)63-65-49-61(50-66-63)72-47-25-16-10-8-6-4-2/h28-43,49-52H,3-27,44-48H2,1-2H3. The SMILES string of the molecule is CCCCCCCCOc1cnc(-c2ccc(OCCCCCCCOc3cnc(-c4ccc(OCCCCCCCCCOc5ccc(-c6ccc(CCCCCCCC)cc6)cc5)cc4)nc3)cc2)nc1. The van der Waals surface area contributed by atoms with Crippen LogP contribution in [0.4, 0.5) is 0 Å². The smallest absolute Gasteiger partial charge is 0.159 e. The lowest BCUT2D eigenvalue weighted by Crippen LogP contribution is -2.00. The highest BCUT2D eigenvalue weighted by Gasteiger charge is 2.07. The minimum absolute atomic E-state index is 0.651. The number of nitrogens with zero attached hydrogens (tertiary/aromatic N) is 4. The first kappa shape index (κ1) is 56.3. The summed E-state index contributed by atoms with van der Waals surface area (Å²) >= 11 is 0. The van der Waals surface area contributed by atoms with Crippen molar-refractivity contribution >= 4 is 0 Å². The van der Waals surface area contributed by atoms with Crippen molar-refractivity contribution in [2.75, 3.05) is 33.0 Å². The maximum Gasteiger partial charge on any atom is 0.159 e. The van der Waals surface area contributed by atoms with Gasteiger partial charge in [0.15, 0.2) is 23.1 Å². The van der Waals surface area contributed by atoms with Gasteiger partial charge in [0.1, 0.15) is 17.2 Å². The fourth-order valence-electron chi connectivity index (χ4n) is 8.85. The minimum Gasteiger partial charge on any atom is -0.494 e. The lowest BCUT2D eigenvalue weighted by atomic mass is 10.0. The van der Waals surface area contributed by atoms with E-state index in [0.717, 1.165) is 98.7 Å². The third kappa shape index (κ3) is 22.8. The highest BCUT2D eigenvalue weighted by Crippen LogP contribution is 2.26. The van der Waals surface area contributed by atoms with Crippen LogP contribution in [0.2, 0.25) is 0 Å². The van der Waals surface area contributed by atoms with E-state index in [2.05, 4.69) is 82.3 Å². The van der Waals surface area contributed by atoms with Gasteiger partial charge in [-0.3, -0.25) is 0 Å². The van der Waals surface area contributed by atoms with Crippen LogP contribution in [-0.2, 0) is 6.42 Å². The van der Waals surface area contributed by atoms with Crippen LogP contribution in [-0.4, -0.2) is 53.0 Å². The molecule has 9 nitrogen and oxygen atoms in total. The predicted molar refractivity (Wildman–Crippen MR) is 300 cm³/mol. The Hall–Kier alpha value is -5.96. The molecule has 0 saturated heterocycles. The molecule has 9 heteroatoms. The molecular formula is C64H86N4O5. The normalized spacial score (nSPS) is 11.2. The molecule has 73 heavy (non-hydrogen) atoms. The molecule has 0 atom stereocenters. The van der Waals surface area contributed by atoms with Gasteiger partial charge >= 0.3 is 0 Å². The van der Waals surface area contributed by atoms with E-state index in [0.29, 0.717) is 37.2 Å². The first-order valence-corrected chi connectivity index (χ1v) is 28.3. The lowest BCUT2D eigenvalue weighted by Gasteiger charge is -2.09. The van der Waals surface area contributed by atoms with Gasteiger partial charge < -0.3 is 23.7 Å². The van der Waals surface area contributed by atoms with Crippen molar-refractivity contribution in [3.05, 3.63) is 127 Å². The molecule has 0 N–H and O–H groups in total. The molecule has 0 aliphatic carbocycles. The number of rotatable bonds is 40. The zero-order valence-corrected chi connectivity index (χ0v) is 44.6. The number of aromatic nitrogens is 4. The second-order valence-corrected chi connectivity index (χ2v) is 19.5. The van der Waals surface area contributed by atoms with Crippen molar-refractivity contribution in [2.24, 2.45) is 0 Å². The quantitative estimate of drug-likeness (QED) is 0.0349. The first-order chi connectivity index (χ1) is 36.2. The van der Waals surface area contributed by atoms with Gasteiger partial charge in [-0.15, -0.1) is 0 Å². The highest BCUT2D eigenvalue weighted by molar-refractivity contribution is 5.64. The molecule has 0 saturated carbocycles. The van der Waals surface area contributed by atoms with E-state index in [-0.39, 0.29) is 0 Å². The van der Waals surface area contributed by atoms with Crippen LogP contribution in [0.15, 0.2) is 122 Å². The molecule has 2 aromatic heterocycles. The average Bonchev–Trinajstić information content (AvgIpc) is 3.43. The summed E-state index contributed by atoms with van der Waals surface area (Å²) in [5, 5.41) is 0. The Morgan fingerprint density at radius 2 is 0.521 bits per heavy atom. The topological polar surface area (TPSA) is 97.7 Å². The van der Waals surface area contributed by atoms with Crippen LogP contribution in [0.25, 0.3) is 33.9 Å². The van der Waals surface area contributed by atoms with Gasteiger partial charge in [-0.2, -0.15) is 0 Å². The Labute approximate surface area is 439 Å². The fraction of sp³-hybridized carbons (Fsp3) is 0.500. The monoisotopic (exact) mass is 991 g/mol. The van der Waals surface area contributed by atoms with Gasteiger partial charge in [0, 0.05) is 11.1 Å². The van der Waals surface area contributed by atoms with Crippen LogP contribution < -0.4 is 23.7 Å². The zero-order chi connectivity index (χ0) is 50.6. The number of ether oxygens (including phenoxy) is 5. The fourth-order valence-corrected chi connectivity index (χ4v) is 8.85. The molecule has 0 fully saturated rings. The Morgan fingerprint density at radius 3 is 0.849 bits per heavy atom. The Kier molecular flexibility index (Phi) is 27.2. The molecule has 0 bridgehead atoms. The average molecular weight is 991 g/mol. The largest absolute Gasteiger partial charge is 0.494 e. The molecular weight excluding hydrogens is 905 g/mol. The van der Waals surface area contributed by atoms with Gasteiger partial charge in [0.25, 0.3) is 0 Å². The molecule has 0 aliphatic heterocycles. The lowest BCUT2D eigenvalue weighted by molar-refractivity contribution is 0.292. The van der Waals surface area contributed by atoms with E-state index in [1.165, 1.54) is 126 Å². The van der Waals surface area contributed by atoms with Gasteiger partial charge in [-0.05, 0) is 122 Å². The third-order valence-electron chi connectivity index (χ3n) is 13.4. The van der Waals surface area contributed by atoms with Gasteiger partial charge in [-0.25, -0.2) is 19.9 Å². The summed E-state index contributed by atoms with van der Waals surface area (Å²) in [5.74, 6) is 5.47. The van der Waals surface area contributed by atoms with E-state index < -0.39 is 0 Å². The van der Waals surface area contributed by atoms with Crippen LogP contribution in [0.3, 0.4) is 0 Å². The van der Waals surface area contributed by atoms with E-state index in [1.807, 2.05) is 48.5 Å². The Balaban J connectivity index is 0.714. The van der Waals surface area contributed by atoms with Crippen molar-refractivity contribution in [3.63, 3.8) is 0 Å². The molecule has 0 radical (unpaired) electrons. The van der Waals surface area contributed by atoms with Crippen LogP contribution in [0.5, 0.6) is 28.7 Å². The number of aryl methyl sites for hydroxylation is 1. The maximum absolute atomic E-state index is 6.06. The second-order valence-electron chi connectivity index (χ2n) is 19.5. The molecule has 4 aromatic carbocycles. The molecule has 2 heterocycles. The number of hydrogen-bond acceptors (Lipinski definition) is 9. The van der Waals surface area contributed by atoms with Crippen LogP contribution >= 0.6 is 0 Å². The molecule has 0 amide bonds. The number of hydrogen-bond donors (Lipinski definition) is 0. The molecule has 0 spiro atoms. The van der Waals surface area contributed by atoms with Crippen molar-refractivity contribution in [3.8, 4) is 62.7 Å². The molecule has 0 unspecified atom stereocenters. The predicted octanol–water partition coefficient (Wildman–Crippen LogP) is 17.5. The summed E-state index contributed by atoms with van der Waals surface area (Å²) in [4.78, 5) is 18.1. The molecule has 6 rings (SSSR count). The van der Waals surface area contributed by atoms with Crippen molar-refractivity contribution in [1.82, 2.24) is 19.9 Å². The van der Waals surface area contributed by atoms with E-state index >= 15 is 0 Å². The van der Waals surface area contributed by atoms with E-state index in [9.17, 15) is 0 Å². The van der Waals surface area contributed by atoms with Crippen LogP contribution in [0, 0.1) is 0 Å². The zero-order valence-electron chi connectivity index (χ0n) is 44.6. The molecule has 6 aromatic rings. The van der Waals surface area contributed by atoms with Crippen molar-refractivity contribution < 1.29 is 23.7 Å². The summed E-state index contributed by atoms with van der Waals surface area (Å²) in [6, 6.07) is 33.7. The second kappa shape index (κ2) is 35.2. The summed E-state index contributed by atoms with van der Waals surface area (Å²) in [7, 11) is 0. The van der Waals surface area contributed by atoms with Gasteiger partial charge in [0.2, 0.25) is 0 Å². The first-order valence-electron chi connectivity index (χ1n) is 28.3. The minimum atomic E-state index is 0.651. The number of unbranched alkanes of at least 4 members (excludes halogenated alkanes) is 20. The van der Waals surface area contributed by atoms with Crippen molar-refractivity contribution in [2.45, 2.75) is 174 Å². The molecule has 392 valence electrons. The molecule has 0 aliphatic rings. The summed E-state index contributed by atoms with van der Waals surface area (Å²) in [6.45, 7) is 8.08. The number of benzene rings is 4. The van der Waals surface area contributed by atoms with E-state index in [1.54, 1.807) is 24.8 Å². The summed E-state index contributed by atoms with van der Waals surface area (Å²) < 4.78 is 29.9. The summed E-state index contributed by atoms with van der Waals surface area (Å²) in [6.07, 6.45) is 37.4. The van der Waals surface area contributed by atoms with Gasteiger partial charge in [0.05, 0.1) is 57.8 Å².